The lowest BCUT2D eigenvalue weighted by atomic mass is 9.95. The van der Waals surface area contributed by atoms with E-state index in [9.17, 15) is 22.8 Å². The number of benzene rings is 2. The van der Waals surface area contributed by atoms with Crippen molar-refractivity contribution in [3.8, 4) is 5.75 Å². The van der Waals surface area contributed by atoms with Crippen LogP contribution in [-0.2, 0) is 4.79 Å². The summed E-state index contributed by atoms with van der Waals surface area (Å²) in [4.78, 5) is 24.4. The molecule has 0 spiro atoms. The van der Waals surface area contributed by atoms with Gasteiger partial charge in [0.05, 0.1) is 0 Å². The third-order valence-electron chi connectivity index (χ3n) is 3.39. The smallest absolute Gasteiger partial charge is 0.406 e. The third kappa shape index (κ3) is 6.32. The summed E-state index contributed by atoms with van der Waals surface area (Å²) in [6.45, 7) is 5.28. The molecule has 0 aromatic heterocycles. The Kier molecular flexibility index (Phi) is 5.78. The molecule has 0 fully saturated rings. The lowest BCUT2D eigenvalue weighted by Crippen LogP contribution is -2.27. The number of rotatable bonds is 4. The van der Waals surface area contributed by atoms with Gasteiger partial charge in [0.2, 0.25) is 5.91 Å². The lowest BCUT2D eigenvalue weighted by Gasteiger charge is -2.18. The highest BCUT2D eigenvalue weighted by Crippen LogP contribution is 2.25. The predicted octanol–water partition coefficient (Wildman–Crippen LogP) is 4.82. The standard InChI is InChI=1S/C19H19F3N2O3/c1-18(2,3)17(26)24-13-7-4-6-12(10-13)16(25)23-14-8-5-9-15(11-14)27-19(20,21)22/h4-11H,1-3H3,(H,23,25)(H,24,26). The Morgan fingerprint density at radius 1 is 0.889 bits per heavy atom. The highest BCUT2D eigenvalue weighted by molar-refractivity contribution is 6.05. The van der Waals surface area contributed by atoms with Gasteiger partial charge < -0.3 is 15.4 Å². The van der Waals surface area contributed by atoms with Crippen LogP contribution in [-0.4, -0.2) is 18.2 Å². The van der Waals surface area contributed by atoms with Crippen molar-refractivity contribution < 1.29 is 27.5 Å². The second-order valence-electron chi connectivity index (χ2n) is 6.81. The van der Waals surface area contributed by atoms with E-state index >= 15 is 0 Å². The second-order valence-corrected chi connectivity index (χ2v) is 6.81. The minimum Gasteiger partial charge on any atom is -0.406 e. The molecule has 2 amide bonds. The highest BCUT2D eigenvalue weighted by atomic mass is 19.4. The molecule has 0 radical (unpaired) electrons. The van der Waals surface area contributed by atoms with E-state index in [-0.39, 0.29) is 17.2 Å². The first-order valence-electron chi connectivity index (χ1n) is 8.03. The van der Waals surface area contributed by atoms with Crippen molar-refractivity contribution in [2.45, 2.75) is 27.1 Å². The summed E-state index contributed by atoms with van der Waals surface area (Å²) in [6, 6.07) is 11.2. The molecule has 0 saturated carbocycles. The number of nitrogens with one attached hydrogen (secondary N) is 2. The van der Waals surface area contributed by atoms with Crippen LogP contribution in [0.4, 0.5) is 24.5 Å². The molecule has 144 valence electrons. The molecule has 0 saturated heterocycles. The number of carbonyl (C=O) groups is 2. The summed E-state index contributed by atoms with van der Waals surface area (Å²) in [5.41, 5.74) is 0.225. The Morgan fingerprint density at radius 3 is 2.07 bits per heavy atom. The number of hydrogen-bond donors (Lipinski definition) is 2. The van der Waals surface area contributed by atoms with Crippen LogP contribution in [0.15, 0.2) is 48.5 Å². The maximum absolute atomic E-state index is 12.4. The summed E-state index contributed by atoms with van der Waals surface area (Å²) in [5.74, 6) is -1.19. The maximum atomic E-state index is 12.4. The zero-order valence-electron chi connectivity index (χ0n) is 15.0. The Morgan fingerprint density at radius 2 is 1.48 bits per heavy atom. The second kappa shape index (κ2) is 7.69. The number of anilines is 2. The van der Waals surface area contributed by atoms with Gasteiger partial charge in [-0.15, -0.1) is 13.2 Å². The van der Waals surface area contributed by atoms with Crippen molar-refractivity contribution in [1.82, 2.24) is 0 Å². The quantitative estimate of drug-likeness (QED) is 0.799. The lowest BCUT2D eigenvalue weighted by molar-refractivity contribution is -0.274. The van der Waals surface area contributed by atoms with Gasteiger partial charge in [0.1, 0.15) is 5.75 Å². The molecule has 0 aliphatic rings. The first kappa shape index (κ1) is 20.3. The molecule has 2 rings (SSSR count). The minimum atomic E-state index is -4.82. The monoisotopic (exact) mass is 380 g/mol. The van der Waals surface area contributed by atoms with Gasteiger partial charge in [-0.25, -0.2) is 0 Å². The fraction of sp³-hybridized carbons (Fsp3) is 0.263. The number of amides is 2. The van der Waals surface area contributed by atoms with Gasteiger partial charge in [0, 0.05) is 28.4 Å². The number of ether oxygens (including phenoxy) is 1. The first-order valence-corrected chi connectivity index (χ1v) is 8.03. The van der Waals surface area contributed by atoms with Crippen molar-refractivity contribution in [3.05, 3.63) is 54.1 Å². The van der Waals surface area contributed by atoms with Crippen LogP contribution in [0.2, 0.25) is 0 Å². The topological polar surface area (TPSA) is 67.4 Å². The molecule has 2 N–H and O–H groups in total. The van der Waals surface area contributed by atoms with E-state index < -0.39 is 23.4 Å². The summed E-state index contributed by atoms with van der Waals surface area (Å²) in [7, 11) is 0. The van der Waals surface area contributed by atoms with Crippen LogP contribution in [0.5, 0.6) is 5.75 Å². The Hall–Kier alpha value is -3.03. The first-order chi connectivity index (χ1) is 12.4. The van der Waals surface area contributed by atoms with Crippen molar-refractivity contribution in [1.29, 1.82) is 0 Å². The molecule has 27 heavy (non-hydrogen) atoms. The molecule has 2 aromatic carbocycles. The van der Waals surface area contributed by atoms with Gasteiger partial charge >= 0.3 is 6.36 Å². The molecule has 0 unspecified atom stereocenters. The van der Waals surface area contributed by atoms with Gasteiger partial charge in [-0.2, -0.15) is 0 Å². The molecule has 8 heteroatoms. The molecule has 0 atom stereocenters. The van der Waals surface area contributed by atoms with E-state index in [4.69, 9.17) is 0 Å². The van der Waals surface area contributed by atoms with Crippen LogP contribution in [0.1, 0.15) is 31.1 Å². The molecule has 0 heterocycles. The van der Waals surface area contributed by atoms with E-state index in [0.717, 1.165) is 12.1 Å². The number of halogens is 3. The van der Waals surface area contributed by atoms with Crippen LogP contribution >= 0.6 is 0 Å². The molecule has 0 bridgehead atoms. The Labute approximate surface area is 154 Å². The fourth-order valence-electron chi connectivity index (χ4n) is 2.03. The molecular formula is C19H19F3N2O3. The maximum Gasteiger partial charge on any atom is 0.573 e. The van der Waals surface area contributed by atoms with Crippen molar-refractivity contribution in [2.75, 3.05) is 10.6 Å². The average molecular weight is 380 g/mol. The molecular weight excluding hydrogens is 361 g/mol. The highest BCUT2D eigenvalue weighted by Gasteiger charge is 2.31. The van der Waals surface area contributed by atoms with Crippen LogP contribution in [0.25, 0.3) is 0 Å². The zero-order chi connectivity index (χ0) is 20.2. The van der Waals surface area contributed by atoms with E-state index in [2.05, 4.69) is 15.4 Å². The van der Waals surface area contributed by atoms with E-state index in [1.807, 2.05) is 0 Å². The normalized spacial score (nSPS) is 11.6. The predicted molar refractivity (Wildman–Crippen MR) is 95.6 cm³/mol. The summed E-state index contributed by atoms with van der Waals surface area (Å²) < 4.78 is 40.7. The molecule has 0 aliphatic carbocycles. The Balaban J connectivity index is 2.11. The summed E-state index contributed by atoms with van der Waals surface area (Å²) in [6.07, 6.45) is -4.82. The SMILES string of the molecule is CC(C)(C)C(=O)Nc1cccc(C(=O)Nc2cccc(OC(F)(F)F)c2)c1. The molecule has 0 aliphatic heterocycles. The minimum absolute atomic E-state index is 0.144. The van der Waals surface area contributed by atoms with Gasteiger partial charge in [-0.1, -0.05) is 32.9 Å². The van der Waals surface area contributed by atoms with Gasteiger partial charge in [-0.3, -0.25) is 9.59 Å². The molecule has 5 nitrogen and oxygen atoms in total. The Bertz CT molecular complexity index is 843. The summed E-state index contributed by atoms with van der Waals surface area (Å²) in [5, 5.41) is 5.21. The van der Waals surface area contributed by atoms with E-state index in [1.54, 1.807) is 32.9 Å². The van der Waals surface area contributed by atoms with Crippen LogP contribution in [0.3, 0.4) is 0 Å². The number of alkyl halides is 3. The van der Waals surface area contributed by atoms with Gasteiger partial charge in [-0.05, 0) is 30.3 Å². The third-order valence-corrected chi connectivity index (χ3v) is 3.39. The van der Waals surface area contributed by atoms with Crippen molar-refractivity contribution in [3.63, 3.8) is 0 Å². The summed E-state index contributed by atoms with van der Waals surface area (Å²) >= 11 is 0. The largest absolute Gasteiger partial charge is 0.573 e. The van der Waals surface area contributed by atoms with E-state index in [0.29, 0.717) is 5.69 Å². The van der Waals surface area contributed by atoms with Crippen molar-refractivity contribution in [2.24, 2.45) is 5.41 Å². The van der Waals surface area contributed by atoms with Crippen LogP contribution in [0, 0.1) is 5.41 Å². The van der Waals surface area contributed by atoms with Gasteiger partial charge in [0.25, 0.3) is 5.91 Å². The zero-order valence-corrected chi connectivity index (χ0v) is 15.0. The fourth-order valence-corrected chi connectivity index (χ4v) is 2.03. The average Bonchev–Trinajstić information content (AvgIpc) is 2.53. The van der Waals surface area contributed by atoms with E-state index in [1.165, 1.54) is 24.3 Å². The number of hydrogen-bond acceptors (Lipinski definition) is 3. The molecule has 2 aromatic rings. The van der Waals surface area contributed by atoms with Gasteiger partial charge in [0.15, 0.2) is 0 Å². The van der Waals surface area contributed by atoms with Crippen LogP contribution < -0.4 is 15.4 Å². The number of carbonyl (C=O) groups excluding carboxylic acids is 2. The van der Waals surface area contributed by atoms with Crippen molar-refractivity contribution >= 4 is 23.2 Å².